The van der Waals surface area contributed by atoms with E-state index in [9.17, 15) is 24.3 Å². The summed E-state index contributed by atoms with van der Waals surface area (Å²) < 4.78 is 0. The Morgan fingerprint density at radius 2 is 0.522 bits per heavy atom. The van der Waals surface area contributed by atoms with Gasteiger partial charge in [-0.3, -0.25) is 75.6 Å². The number of aromatic amines is 3. The Bertz CT molecular complexity index is 4380. The number of nitrogens with two attached hydrogens (primary N) is 7. The second kappa shape index (κ2) is 46.7. The van der Waals surface area contributed by atoms with Gasteiger partial charge in [0.15, 0.2) is 35.8 Å². The van der Waals surface area contributed by atoms with E-state index in [1.54, 1.807) is 91.4 Å². The van der Waals surface area contributed by atoms with Gasteiger partial charge in [-0.15, -0.1) is 0 Å². The lowest BCUT2D eigenvalue weighted by Gasteiger charge is -2.28. The number of aromatic nitrogens is 3. The van der Waals surface area contributed by atoms with E-state index in [2.05, 4.69) is 107 Å². The maximum atomic E-state index is 15.6. The zero-order valence-electron chi connectivity index (χ0n) is 63.5. The maximum Gasteiger partial charge on any atom is 0.326 e. The van der Waals surface area contributed by atoms with Crippen molar-refractivity contribution in [2.75, 3.05) is 45.0 Å². The van der Waals surface area contributed by atoms with Crippen molar-refractivity contribution in [2.24, 2.45) is 40.1 Å². The molecule has 43 heteroatoms. The Balaban J connectivity index is 1.39. The molecule has 3 aromatic carbocycles. The molecule has 0 unspecified atom stereocenters. The van der Waals surface area contributed by atoms with E-state index < -0.39 is 131 Å². The van der Waals surface area contributed by atoms with Crippen molar-refractivity contribution in [1.82, 2.24) is 94.7 Å². The first-order chi connectivity index (χ1) is 54.9. The normalized spacial score (nSPS) is 13.7. The molecule has 0 saturated carbocycles. The van der Waals surface area contributed by atoms with Crippen molar-refractivity contribution in [3.05, 3.63) is 108 Å². The van der Waals surface area contributed by atoms with Crippen LogP contribution in [0.5, 0.6) is 0 Å². The molecule has 3 aromatic heterocycles. The minimum Gasteiger partial charge on any atom is -0.480 e. The lowest BCUT2D eigenvalue weighted by Crippen LogP contribution is -2.61. The predicted molar refractivity (Wildman–Crippen MR) is 438 cm³/mol. The van der Waals surface area contributed by atoms with Gasteiger partial charge >= 0.3 is 5.97 Å². The molecule has 0 aliphatic rings. The third-order valence-corrected chi connectivity index (χ3v) is 18.8. The number of fused-ring (bicyclic) bond motifs is 3. The molecule has 39 N–H and O–H groups in total. The number of para-hydroxylation sites is 3. The third kappa shape index (κ3) is 30.8. The summed E-state index contributed by atoms with van der Waals surface area (Å²) in [5.41, 5.74) is 42.9. The summed E-state index contributed by atoms with van der Waals surface area (Å²) in [6.07, 6.45) is 3.85. The molecule has 0 spiro atoms. The van der Waals surface area contributed by atoms with Gasteiger partial charge in [0, 0.05) is 116 Å². The molecule has 0 bridgehead atoms. The largest absolute Gasteiger partial charge is 0.480 e. The Labute approximate surface area is 667 Å². The molecule has 0 aliphatic heterocycles. The zero-order chi connectivity index (χ0) is 84.1. The van der Waals surface area contributed by atoms with E-state index in [1.165, 1.54) is 0 Å². The number of H-pyrrole nitrogens is 3. The fraction of sp³-hybridized carbons (Fsp3) is 0.444. The fourth-order valence-electron chi connectivity index (χ4n) is 12.5. The number of benzene rings is 3. The highest BCUT2D eigenvalue weighted by atomic mass is 32.1. The Morgan fingerprint density at radius 3 is 0.748 bits per heavy atom. The first kappa shape index (κ1) is 90.8. The summed E-state index contributed by atoms with van der Waals surface area (Å²) in [6, 6.07) is 6.52. The van der Waals surface area contributed by atoms with Crippen LogP contribution in [0.3, 0.4) is 0 Å². The number of hydrogen-bond acceptors (Lipinski definition) is 18. The first-order valence-corrected chi connectivity index (χ1v) is 38.0. The van der Waals surface area contributed by atoms with Crippen LogP contribution in [0, 0.1) is 32.5 Å². The molecule has 0 aliphatic carbocycles. The average Bonchev–Trinajstić information content (AvgIpc) is 1.60. The molecule has 6 rings (SSSR count). The number of aliphatic carboxylic acids is 1. The number of carbonyl (C=O) groups is 10. The third-order valence-electron chi connectivity index (χ3n) is 18.4. The second-order valence-electron chi connectivity index (χ2n) is 27.3. The lowest BCUT2D eigenvalue weighted by atomic mass is 10.00. The molecule has 624 valence electrons. The van der Waals surface area contributed by atoms with Crippen molar-refractivity contribution in [3.8, 4) is 0 Å². The number of rotatable bonds is 50. The number of carboxylic acid groups (broad SMARTS) is 1. The molecule has 3 heterocycles. The smallest absolute Gasteiger partial charge is 0.326 e. The van der Waals surface area contributed by atoms with Crippen molar-refractivity contribution in [2.45, 2.75) is 157 Å². The van der Waals surface area contributed by atoms with Gasteiger partial charge in [0.05, 0.1) is 6.04 Å². The Kier molecular flexibility index (Phi) is 36.8. The summed E-state index contributed by atoms with van der Waals surface area (Å²) in [7, 11) is 0. The van der Waals surface area contributed by atoms with Crippen molar-refractivity contribution in [3.63, 3.8) is 0 Å². The molecule has 9 amide bonds. The van der Waals surface area contributed by atoms with Crippen LogP contribution in [0.25, 0.3) is 32.7 Å². The summed E-state index contributed by atoms with van der Waals surface area (Å²) >= 11 is 4.13. The number of thiol groups is 1. The van der Waals surface area contributed by atoms with Gasteiger partial charge in [-0.1, -0.05) is 54.6 Å². The second-order valence-corrected chi connectivity index (χ2v) is 27.6. The molecular weight excluding hydrogens is 1510 g/mol. The van der Waals surface area contributed by atoms with Crippen molar-refractivity contribution in [1.29, 1.82) is 32.5 Å². The van der Waals surface area contributed by atoms with Gasteiger partial charge in [0.2, 0.25) is 53.2 Å². The van der Waals surface area contributed by atoms with Crippen molar-refractivity contribution < 1.29 is 53.1 Å². The van der Waals surface area contributed by atoms with Crippen LogP contribution < -0.4 is 120 Å². The van der Waals surface area contributed by atoms with Crippen LogP contribution in [0.1, 0.15) is 93.7 Å². The number of nitrogens with one attached hydrogen (secondary N) is 24. The highest BCUT2D eigenvalue weighted by Crippen LogP contribution is 2.24. The standard InChI is InChI=1S/C72H109N31O11S/c73-44(37-115)57(104)95-48(19-7-25-86-67(74)75)58(105)96-51(22-10-28-89-70(80)81)62(109)102-56(33-40-36-94-47-18-6-3-15-43(40)47)65(112)103-55(32-39-35-93-46-17-5-2-14-42(39)46)64(111)98-49(20-8-26-87-68(76)77)59(106)97-52(23-11-29-90-71(82)83)61(108)101-54(31-38-34-92-45-16-4-1-13-41(38)45)63(110)99-50(21-9-27-88-69(78)79)60(107)100-53(66(113)114)24-12-30-91-72(84)85/h1-6,13-18,34-36,44,48-56,92-94,115H,7-12,19-33,37,73H2,(H,95,104)(H,96,105)(H,97,106)(H,98,111)(H,99,110)(H,100,107)(H,101,108)(H,102,109)(H,103,112)(H,113,114)(H4,74,75,86)(H4,76,77,87)(H4,78,79,88)(H4,80,81,89)(H4,82,83,90)(H4,84,85,91)/t44-,48-,49-,50-,51-,52-,53-,54-,55-,56-/m0/s1. The van der Waals surface area contributed by atoms with Crippen LogP contribution in [0.4, 0.5) is 0 Å². The van der Waals surface area contributed by atoms with Crippen LogP contribution in [0.15, 0.2) is 91.4 Å². The summed E-state index contributed by atoms with van der Waals surface area (Å²) in [6.45, 7) is 0.296. The van der Waals surface area contributed by atoms with E-state index in [-0.39, 0.29) is 165 Å². The molecule has 6 aromatic rings. The fourth-order valence-corrected chi connectivity index (χ4v) is 12.7. The van der Waals surface area contributed by atoms with Crippen LogP contribution in [-0.4, -0.2) is 220 Å². The predicted octanol–water partition coefficient (Wildman–Crippen LogP) is -4.56. The van der Waals surface area contributed by atoms with E-state index in [4.69, 9.17) is 72.6 Å². The van der Waals surface area contributed by atoms with Gasteiger partial charge in [-0.25, -0.2) is 4.79 Å². The monoisotopic (exact) mass is 1620 g/mol. The number of carboxylic acids is 1. The molecule has 0 fully saturated rings. The SMILES string of the molecule is N=C(N)NCCC[C@H](NC(=O)[C@H](CCCNC(=N)N)NC(=O)[C@H](Cc1c[nH]c2ccccc12)NC(=O)[C@H](CCCNC(=N)N)NC(=O)[C@H](CCCNC(=N)N)NC(=O)[C@H](Cc1c[nH]c2ccccc12)NC(=O)[C@H](Cc1c[nH]c2ccccc12)NC(=O)[C@H](CCCNC(=N)N)NC(=O)[C@H](CCCNC(=N)N)NC(=O)[C@@H](N)CS)C(=O)O. The summed E-state index contributed by atoms with van der Waals surface area (Å²) in [5, 5.41) is 98.6. The maximum absolute atomic E-state index is 15.6. The summed E-state index contributed by atoms with van der Waals surface area (Å²) in [4.78, 5) is 156. The number of guanidine groups is 6. The highest BCUT2D eigenvalue weighted by Gasteiger charge is 2.37. The zero-order valence-corrected chi connectivity index (χ0v) is 64.4. The molecule has 115 heavy (non-hydrogen) atoms. The van der Waals surface area contributed by atoms with Crippen LogP contribution in [-0.2, 0) is 67.2 Å². The number of amides is 9. The topological polar surface area (TPSA) is 744 Å². The van der Waals surface area contributed by atoms with E-state index >= 15 is 28.8 Å². The van der Waals surface area contributed by atoms with Gasteiger partial charge in [0.1, 0.15) is 54.4 Å². The highest BCUT2D eigenvalue weighted by molar-refractivity contribution is 7.80. The Morgan fingerprint density at radius 1 is 0.322 bits per heavy atom. The number of hydrogen-bond donors (Lipinski definition) is 33. The molecular formula is C72H109N31O11S. The van der Waals surface area contributed by atoms with Gasteiger partial charge in [-0.2, -0.15) is 12.6 Å². The molecule has 10 atom stereocenters. The average molecular weight is 1620 g/mol. The molecule has 0 radical (unpaired) electrons. The lowest BCUT2D eigenvalue weighted by molar-refractivity contribution is -0.142. The summed E-state index contributed by atoms with van der Waals surface area (Å²) in [5.74, 6) is -11.9. The van der Waals surface area contributed by atoms with Gasteiger partial charge in [0.25, 0.3) is 0 Å². The van der Waals surface area contributed by atoms with Gasteiger partial charge in [-0.05, 0) is 112 Å². The van der Waals surface area contributed by atoms with Crippen molar-refractivity contribution >= 4 is 140 Å². The van der Waals surface area contributed by atoms with Crippen LogP contribution in [0.2, 0.25) is 0 Å². The molecule has 42 nitrogen and oxygen atoms in total. The minimum absolute atomic E-state index is 0.00928. The van der Waals surface area contributed by atoms with E-state index in [0.717, 1.165) is 0 Å². The van der Waals surface area contributed by atoms with E-state index in [0.29, 0.717) is 49.4 Å². The van der Waals surface area contributed by atoms with Gasteiger partial charge < -0.3 is 140 Å². The molecule has 0 saturated heterocycles. The number of carbonyl (C=O) groups excluding carboxylic acids is 9. The quantitative estimate of drug-likeness (QED) is 0.00740. The van der Waals surface area contributed by atoms with Crippen LogP contribution >= 0.6 is 12.6 Å². The first-order valence-electron chi connectivity index (χ1n) is 37.4. The van der Waals surface area contributed by atoms with E-state index in [1.807, 2.05) is 0 Å². The minimum atomic E-state index is -1.61. The Hall–Kier alpha value is -13.1.